The molecule has 94 valence electrons. The molecule has 6 heteroatoms. The first-order valence-corrected chi connectivity index (χ1v) is 6.08. The van der Waals surface area contributed by atoms with E-state index >= 15 is 0 Å². The van der Waals surface area contributed by atoms with Gasteiger partial charge in [-0.05, 0) is 28.4 Å². The lowest BCUT2D eigenvalue weighted by atomic mass is 10.2. The molecule has 1 aromatic rings. The molecule has 0 radical (unpaired) electrons. The van der Waals surface area contributed by atoms with E-state index in [4.69, 9.17) is 4.74 Å². The van der Waals surface area contributed by atoms with E-state index in [0.717, 1.165) is 10.2 Å². The third kappa shape index (κ3) is 3.67. The van der Waals surface area contributed by atoms with Gasteiger partial charge in [0.25, 0.3) is 11.5 Å². The van der Waals surface area contributed by atoms with Gasteiger partial charge in [0.2, 0.25) is 0 Å². The van der Waals surface area contributed by atoms with E-state index in [-0.39, 0.29) is 11.1 Å². The van der Waals surface area contributed by atoms with E-state index in [0.29, 0.717) is 19.6 Å². The van der Waals surface area contributed by atoms with Crippen LogP contribution in [0.3, 0.4) is 0 Å². The van der Waals surface area contributed by atoms with Crippen LogP contribution in [0, 0.1) is 0 Å². The molecule has 0 unspecified atom stereocenters. The van der Waals surface area contributed by atoms with Crippen LogP contribution in [0.1, 0.15) is 23.0 Å². The topological polar surface area (TPSA) is 71.2 Å². The molecule has 0 aromatic carbocycles. The molecular formula is C11H15BrN2O3. The Balaban J connectivity index is 2.87. The zero-order valence-corrected chi connectivity index (χ0v) is 11.4. The maximum atomic E-state index is 11.7. The van der Waals surface area contributed by atoms with Crippen molar-refractivity contribution in [2.45, 2.75) is 13.3 Å². The minimum atomic E-state index is -0.397. The van der Waals surface area contributed by atoms with Gasteiger partial charge in [0.1, 0.15) is 5.56 Å². The highest BCUT2D eigenvalue weighted by Gasteiger charge is 2.12. The summed E-state index contributed by atoms with van der Waals surface area (Å²) in [5, 5.41) is 2.60. The molecule has 0 bridgehead atoms. The lowest BCUT2D eigenvalue weighted by Crippen LogP contribution is -2.32. The maximum absolute atomic E-state index is 11.7. The number of methoxy groups -OCH3 is 1. The molecule has 1 rings (SSSR count). The highest BCUT2D eigenvalue weighted by atomic mass is 79.9. The van der Waals surface area contributed by atoms with Crippen molar-refractivity contribution in [3.8, 4) is 0 Å². The third-order valence-corrected chi connectivity index (χ3v) is 2.97. The quantitative estimate of drug-likeness (QED) is 0.800. The first-order valence-electron chi connectivity index (χ1n) is 5.29. The number of halogens is 1. The molecule has 0 saturated carbocycles. The van der Waals surface area contributed by atoms with Gasteiger partial charge in [-0.25, -0.2) is 0 Å². The number of carbonyl (C=O) groups excluding carboxylic acids is 1. The van der Waals surface area contributed by atoms with Crippen molar-refractivity contribution in [2.24, 2.45) is 0 Å². The molecule has 0 aliphatic rings. The number of rotatable bonds is 5. The summed E-state index contributed by atoms with van der Waals surface area (Å²) in [5.41, 5.74) is 0.508. The second-order valence-electron chi connectivity index (χ2n) is 3.44. The molecule has 1 heterocycles. The zero-order valence-electron chi connectivity index (χ0n) is 9.80. The van der Waals surface area contributed by atoms with Gasteiger partial charge in [-0.15, -0.1) is 0 Å². The van der Waals surface area contributed by atoms with Gasteiger partial charge in [-0.2, -0.15) is 0 Å². The minimum absolute atomic E-state index is 0.102. The lowest BCUT2D eigenvalue weighted by molar-refractivity contribution is 0.0935. The Labute approximate surface area is 108 Å². The standard InChI is InChI=1S/C11H15BrN2O3/c1-3-9-8(12)6-7(11(16)14-9)10(15)13-4-5-17-2/h6H,3-5H2,1-2H3,(H,13,15)(H,14,16). The number of carbonyl (C=O) groups is 1. The lowest BCUT2D eigenvalue weighted by Gasteiger charge is -2.06. The average molecular weight is 303 g/mol. The summed E-state index contributed by atoms with van der Waals surface area (Å²) in [5.74, 6) is -0.397. The Morgan fingerprint density at radius 2 is 2.29 bits per heavy atom. The molecule has 0 aliphatic heterocycles. The van der Waals surface area contributed by atoms with Gasteiger partial charge < -0.3 is 15.0 Å². The Morgan fingerprint density at radius 3 is 2.88 bits per heavy atom. The highest BCUT2D eigenvalue weighted by molar-refractivity contribution is 9.10. The van der Waals surface area contributed by atoms with Crippen molar-refractivity contribution in [3.63, 3.8) is 0 Å². The third-order valence-electron chi connectivity index (χ3n) is 2.26. The number of ether oxygens (including phenoxy) is 1. The molecule has 0 fully saturated rings. The van der Waals surface area contributed by atoms with Crippen molar-refractivity contribution >= 4 is 21.8 Å². The first kappa shape index (κ1) is 13.9. The second kappa shape index (κ2) is 6.56. The normalized spacial score (nSPS) is 10.3. The van der Waals surface area contributed by atoms with E-state index in [1.165, 1.54) is 0 Å². The van der Waals surface area contributed by atoms with Crippen LogP contribution in [0.25, 0.3) is 0 Å². The van der Waals surface area contributed by atoms with Crippen molar-refractivity contribution < 1.29 is 9.53 Å². The summed E-state index contributed by atoms with van der Waals surface area (Å²) < 4.78 is 5.54. The van der Waals surface area contributed by atoms with Crippen LogP contribution in [-0.2, 0) is 11.2 Å². The summed E-state index contributed by atoms with van der Waals surface area (Å²) in [7, 11) is 1.55. The summed E-state index contributed by atoms with van der Waals surface area (Å²) in [6.07, 6.45) is 0.696. The van der Waals surface area contributed by atoms with Crippen LogP contribution < -0.4 is 10.9 Å². The number of amides is 1. The second-order valence-corrected chi connectivity index (χ2v) is 4.30. The fourth-order valence-electron chi connectivity index (χ4n) is 1.33. The molecule has 0 atom stereocenters. The Bertz CT molecular complexity index is 457. The smallest absolute Gasteiger partial charge is 0.261 e. The molecule has 5 nitrogen and oxygen atoms in total. The molecule has 1 amide bonds. The molecule has 0 spiro atoms. The Hall–Kier alpha value is -1.14. The van der Waals surface area contributed by atoms with Gasteiger partial charge in [0, 0.05) is 23.8 Å². The van der Waals surface area contributed by atoms with E-state index in [1.807, 2.05) is 6.92 Å². The predicted molar refractivity (Wildman–Crippen MR) is 68.3 cm³/mol. The van der Waals surface area contributed by atoms with Crippen LogP contribution in [0.2, 0.25) is 0 Å². The van der Waals surface area contributed by atoms with Crippen molar-refractivity contribution in [1.29, 1.82) is 0 Å². The average Bonchev–Trinajstić information content (AvgIpc) is 2.31. The van der Waals surface area contributed by atoms with E-state index in [2.05, 4.69) is 26.2 Å². The van der Waals surface area contributed by atoms with Crippen molar-refractivity contribution in [1.82, 2.24) is 10.3 Å². The number of pyridine rings is 1. The van der Waals surface area contributed by atoms with Crippen molar-refractivity contribution in [3.05, 3.63) is 32.2 Å². The van der Waals surface area contributed by atoms with Gasteiger partial charge in [-0.3, -0.25) is 9.59 Å². The van der Waals surface area contributed by atoms with Gasteiger partial charge in [-0.1, -0.05) is 6.92 Å². The van der Waals surface area contributed by atoms with Gasteiger partial charge >= 0.3 is 0 Å². The first-order chi connectivity index (χ1) is 8.10. The number of H-pyrrole nitrogens is 1. The highest BCUT2D eigenvalue weighted by Crippen LogP contribution is 2.14. The molecule has 0 saturated heterocycles. The van der Waals surface area contributed by atoms with Crippen LogP contribution >= 0.6 is 15.9 Å². The minimum Gasteiger partial charge on any atom is -0.383 e. The van der Waals surface area contributed by atoms with E-state index in [1.54, 1.807) is 13.2 Å². The van der Waals surface area contributed by atoms with Crippen LogP contribution in [-0.4, -0.2) is 31.2 Å². The summed E-state index contributed by atoms with van der Waals surface area (Å²) in [4.78, 5) is 26.0. The van der Waals surface area contributed by atoms with Crippen LogP contribution in [0.5, 0.6) is 0 Å². The molecular weight excluding hydrogens is 288 g/mol. The predicted octanol–water partition coefficient (Wildman–Crippen LogP) is 1.08. The van der Waals surface area contributed by atoms with Crippen LogP contribution in [0.15, 0.2) is 15.3 Å². The van der Waals surface area contributed by atoms with Crippen LogP contribution in [0.4, 0.5) is 0 Å². The summed E-state index contributed by atoms with van der Waals surface area (Å²) in [6.45, 7) is 2.72. The fourth-order valence-corrected chi connectivity index (χ4v) is 1.94. The number of hydrogen-bond acceptors (Lipinski definition) is 3. The molecule has 0 aliphatic carbocycles. The van der Waals surface area contributed by atoms with E-state index < -0.39 is 5.91 Å². The summed E-state index contributed by atoms with van der Waals surface area (Å²) >= 11 is 3.32. The zero-order chi connectivity index (χ0) is 12.8. The van der Waals surface area contributed by atoms with Gasteiger partial charge in [0.15, 0.2) is 0 Å². The Kier molecular flexibility index (Phi) is 5.37. The molecule has 2 N–H and O–H groups in total. The number of hydrogen-bond donors (Lipinski definition) is 2. The monoisotopic (exact) mass is 302 g/mol. The van der Waals surface area contributed by atoms with Gasteiger partial charge in [0.05, 0.1) is 6.61 Å². The molecule has 1 aromatic heterocycles. The van der Waals surface area contributed by atoms with E-state index in [9.17, 15) is 9.59 Å². The SMILES string of the molecule is CCc1[nH]c(=O)c(C(=O)NCCOC)cc1Br. The largest absolute Gasteiger partial charge is 0.383 e. The molecule has 17 heavy (non-hydrogen) atoms. The number of aryl methyl sites for hydroxylation is 1. The number of aromatic nitrogens is 1. The maximum Gasteiger partial charge on any atom is 0.261 e. The number of nitrogens with one attached hydrogen (secondary N) is 2. The van der Waals surface area contributed by atoms with Crippen molar-refractivity contribution in [2.75, 3.05) is 20.3 Å². The Morgan fingerprint density at radius 1 is 1.59 bits per heavy atom. The fraction of sp³-hybridized carbons (Fsp3) is 0.455. The number of aromatic amines is 1. The summed E-state index contributed by atoms with van der Waals surface area (Å²) in [6, 6.07) is 1.54.